The molecular weight excluding hydrogens is 202 g/mol. The highest BCUT2D eigenvalue weighted by atomic mass is 16.5. The van der Waals surface area contributed by atoms with Crippen molar-refractivity contribution < 1.29 is 9.53 Å². The number of nitrogens with two attached hydrogens (primary N) is 1. The average molecular weight is 221 g/mol. The molecule has 0 aliphatic heterocycles. The van der Waals surface area contributed by atoms with Crippen molar-refractivity contribution in [3.8, 4) is 0 Å². The van der Waals surface area contributed by atoms with Gasteiger partial charge in [-0.1, -0.05) is 24.3 Å². The van der Waals surface area contributed by atoms with Crippen molar-refractivity contribution in [3.05, 3.63) is 35.4 Å². The Hall–Kier alpha value is -1.35. The summed E-state index contributed by atoms with van der Waals surface area (Å²) in [7, 11) is 0. The van der Waals surface area contributed by atoms with Gasteiger partial charge in [0.15, 0.2) is 0 Å². The molecule has 0 saturated carbocycles. The number of hydrogen-bond donors (Lipinski definition) is 1. The molecule has 0 aromatic heterocycles. The summed E-state index contributed by atoms with van der Waals surface area (Å²) < 4.78 is 4.87. The Kier molecular flexibility index (Phi) is 5.57. The molecule has 2 N–H and O–H groups in total. The minimum Gasteiger partial charge on any atom is -0.466 e. The summed E-state index contributed by atoms with van der Waals surface area (Å²) in [5.74, 6) is -0.118. The number of carbonyl (C=O) groups excluding carboxylic acids is 1. The molecule has 0 heterocycles. The molecule has 88 valence electrons. The lowest BCUT2D eigenvalue weighted by atomic mass is 10.0. The van der Waals surface area contributed by atoms with E-state index < -0.39 is 0 Å². The van der Waals surface area contributed by atoms with E-state index in [9.17, 15) is 4.79 Å². The molecule has 0 unspecified atom stereocenters. The molecule has 0 radical (unpaired) electrons. The number of carbonyl (C=O) groups is 1. The topological polar surface area (TPSA) is 52.3 Å². The van der Waals surface area contributed by atoms with Crippen LogP contribution >= 0.6 is 0 Å². The zero-order valence-electron chi connectivity index (χ0n) is 9.74. The SMILES string of the molecule is CCOC(=O)CCCc1ccccc1CN. The highest BCUT2D eigenvalue weighted by Gasteiger charge is 2.03. The van der Waals surface area contributed by atoms with E-state index in [-0.39, 0.29) is 5.97 Å². The van der Waals surface area contributed by atoms with Crippen molar-refractivity contribution in [1.29, 1.82) is 0 Å². The van der Waals surface area contributed by atoms with E-state index in [1.54, 1.807) is 0 Å². The first-order valence-electron chi connectivity index (χ1n) is 5.70. The lowest BCUT2D eigenvalue weighted by molar-refractivity contribution is -0.143. The third-order valence-corrected chi connectivity index (χ3v) is 2.47. The second-order valence-electron chi connectivity index (χ2n) is 3.63. The number of aryl methyl sites for hydroxylation is 1. The molecule has 0 atom stereocenters. The van der Waals surface area contributed by atoms with E-state index in [1.165, 1.54) is 5.56 Å². The van der Waals surface area contributed by atoms with E-state index in [2.05, 4.69) is 6.07 Å². The molecular formula is C13H19NO2. The maximum absolute atomic E-state index is 11.1. The Labute approximate surface area is 96.6 Å². The van der Waals surface area contributed by atoms with E-state index in [0.29, 0.717) is 19.6 Å². The maximum atomic E-state index is 11.1. The van der Waals surface area contributed by atoms with E-state index in [1.807, 2.05) is 25.1 Å². The molecule has 16 heavy (non-hydrogen) atoms. The van der Waals surface area contributed by atoms with E-state index >= 15 is 0 Å². The Balaban J connectivity index is 2.39. The van der Waals surface area contributed by atoms with Crippen LogP contribution in [-0.4, -0.2) is 12.6 Å². The largest absolute Gasteiger partial charge is 0.466 e. The first kappa shape index (κ1) is 12.7. The van der Waals surface area contributed by atoms with Crippen molar-refractivity contribution in [1.82, 2.24) is 0 Å². The number of rotatable bonds is 6. The first-order chi connectivity index (χ1) is 7.77. The van der Waals surface area contributed by atoms with Crippen molar-refractivity contribution in [2.24, 2.45) is 5.73 Å². The minimum absolute atomic E-state index is 0.118. The number of hydrogen-bond acceptors (Lipinski definition) is 3. The summed E-state index contributed by atoms with van der Waals surface area (Å²) in [4.78, 5) is 11.1. The molecule has 1 aromatic carbocycles. The first-order valence-corrected chi connectivity index (χ1v) is 5.70. The van der Waals surface area contributed by atoms with Gasteiger partial charge in [-0.05, 0) is 30.9 Å². The predicted octanol–water partition coefficient (Wildman–Crippen LogP) is 2.03. The molecule has 0 fully saturated rings. The molecule has 0 saturated heterocycles. The van der Waals surface area contributed by atoms with Crippen LogP contribution in [0.25, 0.3) is 0 Å². The fraction of sp³-hybridized carbons (Fsp3) is 0.462. The second-order valence-corrected chi connectivity index (χ2v) is 3.63. The zero-order chi connectivity index (χ0) is 11.8. The highest BCUT2D eigenvalue weighted by Crippen LogP contribution is 2.11. The van der Waals surface area contributed by atoms with Gasteiger partial charge in [-0.2, -0.15) is 0 Å². The van der Waals surface area contributed by atoms with Crippen LogP contribution in [0, 0.1) is 0 Å². The van der Waals surface area contributed by atoms with Crippen LogP contribution in [0.5, 0.6) is 0 Å². The van der Waals surface area contributed by atoms with Gasteiger partial charge in [-0.3, -0.25) is 4.79 Å². The lowest BCUT2D eigenvalue weighted by Crippen LogP contribution is -2.05. The standard InChI is InChI=1S/C13H19NO2/c1-2-16-13(15)9-5-8-11-6-3-4-7-12(11)10-14/h3-4,6-7H,2,5,8-10,14H2,1H3. The zero-order valence-corrected chi connectivity index (χ0v) is 9.74. The quantitative estimate of drug-likeness (QED) is 0.748. The average Bonchev–Trinajstić information content (AvgIpc) is 2.30. The van der Waals surface area contributed by atoms with Crippen LogP contribution in [0.15, 0.2) is 24.3 Å². The molecule has 0 amide bonds. The normalized spacial score (nSPS) is 10.1. The fourth-order valence-corrected chi connectivity index (χ4v) is 1.66. The number of esters is 1. The lowest BCUT2D eigenvalue weighted by Gasteiger charge is -2.07. The molecule has 0 aliphatic carbocycles. The summed E-state index contributed by atoms with van der Waals surface area (Å²) in [5, 5.41) is 0. The molecule has 0 aliphatic rings. The van der Waals surface area contributed by atoms with Crippen molar-refractivity contribution in [3.63, 3.8) is 0 Å². The monoisotopic (exact) mass is 221 g/mol. The third-order valence-electron chi connectivity index (χ3n) is 2.47. The van der Waals surface area contributed by atoms with Gasteiger partial charge in [0.2, 0.25) is 0 Å². The van der Waals surface area contributed by atoms with E-state index in [0.717, 1.165) is 18.4 Å². The van der Waals surface area contributed by atoms with Crippen LogP contribution in [0.2, 0.25) is 0 Å². The van der Waals surface area contributed by atoms with E-state index in [4.69, 9.17) is 10.5 Å². The summed E-state index contributed by atoms with van der Waals surface area (Å²) in [5.41, 5.74) is 8.03. The smallest absolute Gasteiger partial charge is 0.305 e. The third kappa shape index (κ3) is 4.03. The fourth-order valence-electron chi connectivity index (χ4n) is 1.66. The Morgan fingerprint density at radius 2 is 2.00 bits per heavy atom. The Bertz CT molecular complexity index is 336. The van der Waals surface area contributed by atoms with Crippen LogP contribution in [0.4, 0.5) is 0 Å². The number of benzene rings is 1. The summed E-state index contributed by atoms with van der Waals surface area (Å²) in [6.45, 7) is 2.83. The Morgan fingerprint density at radius 3 is 2.62 bits per heavy atom. The van der Waals surface area contributed by atoms with Gasteiger partial charge in [0.1, 0.15) is 0 Å². The molecule has 1 rings (SSSR count). The summed E-state index contributed by atoms with van der Waals surface area (Å²) in [6, 6.07) is 8.07. The molecule has 3 heteroatoms. The van der Waals surface area contributed by atoms with Gasteiger partial charge in [-0.25, -0.2) is 0 Å². The molecule has 1 aromatic rings. The Morgan fingerprint density at radius 1 is 1.31 bits per heavy atom. The van der Waals surface area contributed by atoms with Gasteiger partial charge in [0, 0.05) is 13.0 Å². The second kappa shape index (κ2) is 7.01. The predicted molar refractivity (Wildman–Crippen MR) is 63.9 cm³/mol. The van der Waals surface area contributed by atoms with Crippen LogP contribution in [-0.2, 0) is 22.5 Å². The van der Waals surface area contributed by atoms with Gasteiger partial charge in [0.25, 0.3) is 0 Å². The highest BCUT2D eigenvalue weighted by molar-refractivity contribution is 5.69. The maximum Gasteiger partial charge on any atom is 0.305 e. The number of ether oxygens (including phenoxy) is 1. The minimum atomic E-state index is -0.118. The molecule has 3 nitrogen and oxygen atoms in total. The van der Waals surface area contributed by atoms with Crippen LogP contribution in [0.3, 0.4) is 0 Å². The van der Waals surface area contributed by atoms with Gasteiger partial charge < -0.3 is 10.5 Å². The summed E-state index contributed by atoms with van der Waals surface area (Å²) >= 11 is 0. The van der Waals surface area contributed by atoms with Crippen LogP contribution in [0.1, 0.15) is 30.9 Å². The summed E-state index contributed by atoms with van der Waals surface area (Å²) in [6.07, 6.45) is 2.18. The van der Waals surface area contributed by atoms with Crippen molar-refractivity contribution in [2.45, 2.75) is 32.7 Å². The molecule has 0 bridgehead atoms. The van der Waals surface area contributed by atoms with Crippen molar-refractivity contribution >= 4 is 5.97 Å². The van der Waals surface area contributed by atoms with Crippen LogP contribution < -0.4 is 5.73 Å². The van der Waals surface area contributed by atoms with Gasteiger partial charge in [-0.15, -0.1) is 0 Å². The van der Waals surface area contributed by atoms with Gasteiger partial charge >= 0.3 is 5.97 Å². The van der Waals surface area contributed by atoms with Crippen molar-refractivity contribution in [2.75, 3.05) is 6.61 Å². The van der Waals surface area contributed by atoms with Gasteiger partial charge in [0.05, 0.1) is 6.61 Å². The molecule has 0 spiro atoms.